The summed E-state index contributed by atoms with van der Waals surface area (Å²) in [6.45, 7) is 4.16. The Bertz CT molecular complexity index is 913. The summed E-state index contributed by atoms with van der Waals surface area (Å²) in [7, 11) is 0. The Balaban J connectivity index is 1.86. The molecule has 2 atom stereocenters. The van der Waals surface area contributed by atoms with Crippen LogP contribution in [0.25, 0.3) is 0 Å². The number of hydrazone groups is 1. The van der Waals surface area contributed by atoms with Gasteiger partial charge in [-0.25, -0.2) is 0 Å². The van der Waals surface area contributed by atoms with Gasteiger partial charge in [0.25, 0.3) is 0 Å². The minimum Gasteiger partial charge on any atom is -0.318 e. The number of hydrogen-bond donors (Lipinski definition) is 1. The first-order chi connectivity index (χ1) is 12.6. The molecule has 0 amide bonds. The summed E-state index contributed by atoms with van der Waals surface area (Å²) in [5.74, 6) is 0. The highest BCUT2D eigenvalue weighted by Crippen LogP contribution is 2.41. The molecule has 0 radical (unpaired) electrons. The summed E-state index contributed by atoms with van der Waals surface area (Å²) in [6, 6.07) is 29.0. The van der Waals surface area contributed by atoms with Gasteiger partial charge in [-0.2, -0.15) is 5.10 Å². The van der Waals surface area contributed by atoms with Crippen molar-refractivity contribution in [1.29, 1.82) is 0 Å². The highest BCUT2D eigenvalue weighted by molar-refractivity contribution is 6.10. The van der Waals surface area contributed by atoms with Crippen molar-refractivity contribution in [3.63, 3.8) is 0 Å². The van der Waals surface area contributed by atoms with Crippen LogP contribution in [0.15, 0.2) is 90.0 Å². The summed E-state index contributed by atoms with van der Waals surface area (Å²) in [5.41, 5.74) is 11.7. The third-order valence-corrected chi connectivity index (χ3v) is 4.99. The SMILES string of the molecule is Cc1ccc(C2=NN(c3ccccc3)C(c3ccccc3)C2(C)N)cc1. The average molecular weight is 341 g/mol. The van der Waals surface area contributed by atoms with E-state index in [0.717, 1.165) is 22.5 Å². The van der Waals surface area contributed by atoms with Crippen LogP contribution in [0.4, 0.5) is 5.69 Å². The maximum absolute atomic E-state index is 6.92. The summed E-state index contributed by atoms with van der Waals surface area (Å²) < 4.78 is 0. The van der Waals surface area contributed by atoms with Crippen LogP contribution < -0.4 is 10.7 Å². The molecule has 3 heteroatoms. The Morgan fingerprint density at radius 3 is 2.04 bits per heavy atom. The molecule has 0 fully saturated rings. The molecule has 3 aromatic carbocycles. The second-order valence-electron chi connectivity index (χ2n) is 7.09. The number of anilines is 1. The summed E-state index contributed by atoms with van der Waals surface area (Å²) in [5, 5.41) is 7.05. The quantitative estimate of drug-likeness (QED) is 0.751. The Morgan fingerprint density at radius 2 is 1.42 bits per heavy atom. The first-order valence-electron chi connectivity index (χ1n) is 8.91. The Kier molecular flexibility index (Phi) is 4.09. The molecule has 3 nitrogen and oxygen atoms in total. The lowest BCUT2D eigenvalue weighted by Crippen LogP contribution is -2.49. The van der Waals surface area contributed by atoms with Crippen LogP contribution in [-0.2, 0) is 0 Å². The van der Waals surface area contributed by atoms with Crippen molar-refractivity contribution in [3.05, 3.63) is 102 Å². The van der Waals surface area contributed by atoms with Crippen molar-refractivity contribution in [2.45, 2.75) is 25.4 Å². The molecule has 26 heavy (non-hydrogen) atoms. The second-order valence-corrected chi connectivity index (χ2v) is 7.09. The molecule has 3 aromatic rings. The fourth-order valence-electron chi connectivity index (χ4n) is 3.65. The maximum Gasteiger partial charge on any atom is 0.101 e. The standard InChI is InChI=1S/C23H23N3/c1-17-13-15-18(16-14-17)21-23(2,24)22(19-9-5-3-6-10-19)26(25-21)20-11-7-4-8-12-20/h3-16,22H,24H2,1-2H3. The third-order valence-electron chi connectivity index (χ3n) is 4.99. The molecular formula is C23H23N3. The largest absolute Gasteiger partial charge is 0.318 e. The molecule has 130 valence electrons. The Labute approximate surface area is 154 Å². The number of rotatable bonds is 3. The predicted molar refractivity (Wildman–Crippen MR) is 108 cm³/mol. The van der Waals surface area contributed by atoms with Crippen LogP contribution in [0.3, 0.4) is 0 Å². The van der Waals surface area contributed by atoms with E-state index in [1.807, 2.05) is 24.3 Å². The van der Waals surface area contributed by atoms with E-state index in [1.54, 1.807) is 0 Å². The Hall–Kier alpha value is -2.91. The smallest absolute Gasteiger partial charge is 0.101 e. The van der Waals surface area contributed by atoms with Crippen LogP contribution in [0, 0.1) is 6.92 Å². The maximum atomic E-state index is 6.92. The number of benzene rings is 3. The van der Waals surface area contributed by atoms with Crippen molar-refractivity contribution >= 4 is 11.4 Å². The van der Waals surface area contributed by atoms with Crippen LogP contribution >= 0.6 is 0 Å². The number of hydrogen-bond acceptors (Lipinski definition) is 3. The molecule has 0 saturated heterocycles. The van der Waals surface area contributed by atoms with Gasteiger partial charge < -0.3 is 5.73 Å². The van der Waals surface area contributed by atoms with Crippen LogP contribution in [0.5, 0.6) is 0 Å². The first kappa shape index (κ1) is 16.6. The minimum atomic E-state index is -0.619. The molecule has 4 rings (SSSR count). The zero-order valence-electron chi connectivity index (χ0n) is 15.1. The molecule has 0 bridgehead atoms. The molecule has 2 unspecified atom stereocenters. The van der Waals surface area contributed by atoms with Gasteiger partial charge in [-0.15, -0.1) is 0 Å². The zero-order chi connectivity index (χ0) is 18.1. The topological polar surface area (TPSA) is 41.6 Å². The van der Waals surface area contributed by atoms with E-state index in [4.69, 9.17) is 10.8 Å². The number of nitrogens with zero attached hydrogens (tertiary/aromatic N) is 2. The normalized spacial score (nSPS) is 22.3. The molecule has 1 aliphatic rings. The fraction of sp³-hybridized carbons (Fsp3) is 0.174. The number of nitrogens with two attached hydrogens (primary N) is 1. The van der Waals surface area contributed by atoms with E-state index in [1.165, 1.54) is 5.56 Å². The van der Waals surface area contributed by atoms with Gasteiger partial charge in [0.15, 0.2) is 0 Å². The monoisotopic (exact) mass is 341 g/mol. The number of para-hydroxylation sites is 1. The fourth-order valence-corrected chi connectivity index (χ4v) is 3.65. The van der Waals surface area contributed by atoms with E-state index < -0.39 is 5.54 Å². The first-order valence-corrected chi connectivity index (χ1v) is 8.91. The third kappa shape index (κ3) is 2.80. The molecule has 0 aliphatic carbocycles. The van der Waals surface area contributed by atoms with E-state index in [0.29, 0.717) is 0 Å². The summed E-state index contributed by atoms with van der Waals surface area (Å²) >= 11 is 0. The van der Waals surface area contributed by atoms with Crippen LogP contribution in [-0.4, -0.2) is 11.3 Å². The summed E-state index contributed by atoms with van der Waals surface area (Å²) in [6.07, 6.45) is 0. The average Bonchev–Trinajstić information content (AvgIpc) is 2.95. The van der Waals surface area contributed by atoms with Crippen molar-refractivity contribution in [3.8, 4) is 0 Å². The summed E-state index contributed by atoms with van der Waals surface area (Å²) in [4.78, 5) is 0. The van der Waals surface area contributed by atoms with Crippen molar-refractivity contribution in [2.24, 2.45) is 10.8 Å². The van der Waals surface area contributed by atoms with E-state index in [2.05, 4.69) is 79.5 Å². The van der Waals surface area contributed by atoms with E-state index >= 15 is 0 Å². The van der Waals surface area contributed by atoms with Gasteiger partial charge >= 0.3 is 0 Å². The minimum absolute atomic E-state index is 0.0672. The van der Waals surface area contributed by atoms with Gasteiger partial charge in [0.05, 0.1) is 16.9 Å². The van der Waals surface area contributed by atoms with Gasteiger partial charge in [-0.05, 0) is 37.1 Å². The van der Waals surface area contributed by atoms with Gasteiger partial charge in [-0.1, -0.05) is 78.4 Å². The molecule has 0 saturated carbocycles. The molecule has 1 heterocycles. The van der Waals surface area contributed by atoms with Gasteiger partial charge in [0.2, 0.25) is 0 Å². The lowest BCUT2D eigenvalue weighted by Gasteiger charge is -2.33. The van der Waals surface area contributed by atoms with E-state index in [-0.39, 0.29) is 6.04 Å². The van der Waals surface area contributed by atoms with Crippen LogP contribution in [0.2, 0.25) is 0 Å². The van der Waals surface area contributed by atoms with Gasteiger partial charge in [-0.3, -0.25) is 5.01 Å². The van der Waals surface area contributed by atoms with Crippen LogP contribution in [0.1, 0.15) is 29.7 Å². The van der Waals surface area contributed by atoms with E-state index in [9.17, 15) is 0 Å². The zero-order valence-corrected chi connectivity index (χ0v) is 15.1. The lowest BCUT2D eigenvalue weighted by molar-refractivity contribution is 0.505. The van der Waals surface area contributed by atoms with Crippen molar-refractivity contribution in [1.82, 2.24) is 0 Å². The molecule has 0 aromatic heterocycles. The molecule has 0 spiro atoms. The highest BCUT2D eigenvalue weighted by atomic mass is 15.5. The lowest BCUT2D eigenvalue weighted by atomic mass is 9.82. The molecule has 1 aliphatic heterocycles. The van der Waals surface area contributed by atoms with Gasteiger partial charge in [0.1, 0.15) is 6.04 Å². The predicted octanol–water partition coefficient (Wildman–Crippen LogP) is 4.68. The van der Waals surface area contributed by atoms with Gasteiger partial charge in [0, 0.05) is 0 Å². The second kappa shape index (κ2) is 6.43. The Morgan fingerprint density at radius 1 is 0.846 bits per heavy atom. The molecular weight excluding hydrogens is 318 g/mol. The highest BCUT2D eigenvalue weighted by Gasteiger charge is 2.46. The van der Waals surface area contributed by atoms with Crippen molar-refractivity contribution < 1.29 is 0 Å². The number of aryl methyl sites for hydroxylation is 1. The van der Waals surface area contributed by atoms with Crippen molar-refractivity contribution in [2.75, 3.05) is 5.01 Å². The molecule has 2 N–H and O–H groups in total.